The monoisotopic (exact) mass is 416 g/mol. The second-order valence-corrected chi connectivity index (χ2v) is 8.46. The topological polar surface area (TPSA) is 98.1 Å². The van der Waals surface area contributed by atoms with Gasteiger partial charge in [0.25, 0.3) is 0 Å². The Bertz CT molecular complexity index is 958. The number of hydrogen-bond acceptors (Lipinski definition) is 6. The zero-order chi connectivity index (χ0) is 22.1. The molecule has 8 nitrogen and oxygen atoms in total. The molecule has 2 heterocycles. The summed E-state index contributed by atoms with van der Waals surface area (Å²) in [6.07, 6.45) is 0.240. The number of aliphatic hydroxyl groups excluding tert-OH is 1. The molecule has 1 saturated heterocycles. The minimum Gasteiger partial charge on any atom is -0.458 e. The Kier molecular flexibility index (Phi) is 6.17. The van der Waals surface area contributed by atoms with Crippen LogP contribution in [0.4, 0.5) is 4.79 Å². The fraction of sp³-hybridized carbons (Fsp3) is 0.500. The fourth-order valence-corrected chi connectivity index (χ4v) is 3.65. The lowest BCUT2D eigenvalue weighted by molar-refractivity contribution is -0.178. The number of hydrogen-bond donors (Lipinski definition) is 1. The van der Waals surface area contributed by atoms with E-state index in [4.69, 9.17) is 9.47 Å². The van der Waals surface area contributed by atoms with Crippen molar-refractivity contribution in [1.29, 1.82) is 0 Å². The van der Waals surface area contributed by atoms with Crippen LogP contribution in [0.2, 0.25) is 0 Å². The first-order valence-electron chi connectivity index (χ1n) is 10.0. The predicted molar refractivity (Wildman–Crippen MR) is 110 cm³/mol. The molecule has 0 aliphatic carbocycles. The highest BCUT2D eigenvalue weighted by atomic mass is 16.6. The lowest BCUT2D eigenvalue weighted by Gasteiger charge is -2.37. The van der Waals surface area contributed by atoms with Gasteiger partial charge < -0.3 is 19.5 Å². The van der Waals surface area contributed by atoms with E-state index < -0.39 is 30.0 Å². The molecular weight excluding hydrogens is 388 g/mol. The molecule has 1 aromatic heterocycles. The number of esters is 1. The number of carbonyl (C=O) groups excluding carboxylic acids is 3. The minimum absolute atomic E-state index is 0.193. The van der Waals surface area contributed by atoms with Gasteiger partial charge in [0.05, 0.1) is 5.52 Å². The maximum Gasteiger partial charge on any atom is 0.419 e. The van der Waals surface area contributed by atoms with E-state index in [-0.39, 0.29) is 18.9 Å². The van der Waals surface area contributed by atoms with Crippen LogP contribution in [0, 0.1) is 0 Å². The van der Waals surface area contributed by atoms with Crippen molar-refractivity contribution < 1.29 is 29.0 Å². The summed E-state index contributed by atoms with van der Waals surface area (Å²) in [5.74, 6) is -0.685. The molecule has 0 radical (unpaired) electrons. The normalized spacial score (nSPS) is 19.8. The van der Waals surface area contributed by atoms with Crippen molar-refractivity contribution in [3.05, 3.63) is 36.0 Å². The molecule has 2 aromatic rings. The van der Waals surface area contributed by atoms with Gasteiger partial charge in [0.2, 0.25) is 5.91 Å². The summed E-state index contributed by atoms with van der Waals surface area (Å²) in [4.78, 5) is 37.6. The maximum absolute atomic E-state index is 12.6. The van der Waals surface area contributed by atoms with Gasteiger partial charge in [0.1, 0.15) is 11.7 Å². The molecule has 1 aromatic carbocycles. The summed E-state index contributed by atoms with van der Waals surface area (Å²) in [5, 5.41) is 11.4. The summed E-state index contributed by atoms with van der Waals surface area (Å²) in [6.45, 7) is 6.93. The lowest BCUT2D eigenvalue weighted by Crippen LogP contribution is -2.53. The van der Waals surface area contributed by atoms with E-state index in [0.717, 1.165) is 10.9 Å². The Morgan fingerprint density at radius 3 is 2.60 bits per heavy atom. The summed E-state index contributed by atoms with van der Waals surface area (Å²) in [6, 6.07) is 7.46. The molecule has 1 aliphatic rings. The number of rotatable bonds is 4. The van der Waals surface area contributed by atoms with Crippen LogP contribution in [0.1, 0.15) is 46.1 Å². The first-order valence-corrected chi connectivity index (χ1v) is 10.0. The number of aliphatic hydroxyl groups is 1. The van der Waals surface area contributed by atoms with Crippen molar-refractivity contribution in [3.63, 3.8) is 0 Å². The summed E-state index contributed by atoms with van der Waals surface area (Å²) < 4.78 is 12.1. The van der Waals surface area contributed by atoms with Crippen molar-refractivity contribution >= 4 is 28.9 Å². The maximum atomic E-state index is 12.6. The van der Waals surface area contributed by atoms with Crippen molar-refractivity contribution in [1.82, 2.24) is 9.47 Å². The average Bonchev–Trinajstić information content (AvgIpc) is 3.01. The van der Waals surface area contributed by atoms with Crippen molar-refractivity contribution in [3.8, 4) is 0 Å². The van der Waals surface area contributed by atoms with Crippen molar-refractivity contribution in [2.24, 2.45) is 0 Å². The minimum atomic E-state index is -1.19. The highest BCUT2D eigenvalue weighted by Gasteiger charge is 2.36. The molecule has 8 heteroatoms. The summed E-state index contributed by atoms with van der Waals surface area (Å²) >= 11 is 0. The van der Waals surface area contributed by atoms with Gasteiger partial charge in [-0.1, -0.05) is 18.2 Å². The highest BCUT2D eigenvalue weighted by molar-refractivity contribution is 5.92. The van der Waals surface area contributed by atoms with Crippen molar-refractivity contribution in [2.45, 2.75) is 64.9 Å². The molecule has 30 heavy (non-hydrogen) atoms. The van der Waals surface area contributed by atoms with E-state index in [2.05, 4.69) is 0 Å². The third-order valence-electron chi connectivity index (χ3n) is 4.94. The Labute approximate surface area is 175 Å². The molecule has 1 unspecified atom stereocenters. The third-order valence-corrected chi connectivity index (χ3v) is 4.94. The van der Waals surface area contributed by atoms with Gasteiger partial charge in [-0.05, 0) is 45.2 Å². The van der Waals surface area contributed by atoms with Crippen molar-refractivity contribution in [2.75, 3.05) is 6.54 Å². The summed E-state index contributed by atoms with van der Waals surface area (Å²) in [7, 11) is 0. The molecule has 0 saturated carbocycles. The van der Waals surface area contributed by atoms with E-state index >= 15 is 0 Å². The molecule has 1 N–H and O–H groups in total. The zero-order valence-corrected chi connectivity index (χ0v) is 17.8. The Balaban J connectivity index is 1.81. The number of para-hydroxylation sites is 1. The van der Waals surface area contributed by atoms with Gasteiger partial charge in [-0.3, -0.25) is 14.2 Å². The van der Waals surface area contributed by atoms with E-state index in [0.29, 0.717) is 18.4 Å². The van der Waals surface area contributed by atoms with Gasteiger partial charge in [-0.15, -0.1) is 0 Å². The van der Waals surface area contributed by atoms with Crippen LogP contribution in [0.3, 0.4) is 0 Å². The number of fused-ring (bicyclic) bond motifs is 1. The van der Waals surface area contributed by atoms with E-state index in [1.54, 1.807) is 27.0 Å². The number of ether oxygens (including phenoxy) is 2. The van der Waals surface area contributed by atoms with Gasteiger partial charge in [-0.25, -0.2) is 4.79 Å². The molecule has 162 valence electrons. The van der Waals surface area contributed by atoms with Crippen LogP contribution in [0.15, 0.2) is 30.5 Å². The standard InChI is InChI=1S/C22H28N2O6/c1-14(25)29-18-9-10-19(26)23(20(18)27)12-11-15-13-24(21(28)30-22(2,3)4)17-8-6-5-7-16(15)17/h5-8,13,18,20,27H,9-12H2,1-4H3/t18-,20?/m0/s1. The van der Waals surface area contributed by atoms with Crippen LogP contribution >= 0.6 is 0 Å². The number of aromatic nitrogens is 1. The quantitative estimate of drug-likeness (QED) is 0.770. The predicted octanol–water partition coefficient (Wildman–Crippen LogP) is 2.84. The van der Waals surface area contributed by atoms with Crippen LogP contribution in [0.25, 0.3) is 10.9 Å². The molecule has 0 bridgehead atoms. The fourth-order valence-electron chi connectivity index (χ4n) is 3.65. The van der Waals surface area contributed by atoms with Crippen LogP contribution in [0.5, 0.6) is 0 Å². The largest absolute Gasteiger partial charge is 0.458 e. The zero-order valence-electron chi connectivity index (χ0n) is 17.8. The van der Waals surface area contributed by atoms with E-state index in [1.807, 2.05) is 24.3 Å². The molecule has 0 spiro atoms. The van der Waals surface area contributed by atoms with Crippen LogP contribution < -0.4 is 0 Å². The van der Waals surface area contributed by atoms with Gasteiger partial charge in [0, 0.05) is 31.5 Å². The van der Waals surface area contributed by atoms with E-state index in [1.165, 1.54) is 16.4 Å². The number of nitrogens with zero attached hydrogens (tertiary/aromatic N) is 2. The van der Waals surface area contributed by atoms with Crippen LogP contribution in [-0.2, 0) is 25.5 Å². The molecular formula is C22H28N2O6. The summed E-state index contributed by atoms with van der Waals surface area (Å²) in [5.41, 5.74) is 0.940. The smallest absolute Gasteiger partial charge is 0.419 e. The molecule has 1 amide bonds. The molecule has 2 atom stereocenters. The number of benzene rings is 1. The number of likely N-dealkylation sites (tertiary alicyclic amines) is 1. The molecule has 1 fully saturated rings. The average molecular weight is 416 g/mol. The Morgan fingerprint density at radius 2 is 1.93 bits per heavy atom. The lowest BCUT2D eigenvalue weighted by atomic mass is 10.0. The first kappa shape index (κ1) is 21.8. The Hall–Kier alpha value is -2.87. The number of piperidine rings is 1. The molecule has 3 rings (SSSR count). The first-order chi connectivity index (χ1) is 14.1. The molecule has 1 aliphatic heterocycles. The second kappa shape index (κ2) is 8.47. The van der Waals surface area contributed by atoms with Gasteiger partial charge >= 0.3 is 12.1 Å². The number of carbonyl (C=O) groups is 3. The number of amides is 1. The van der Waals surface area contributed by atoms with E-state index in [9.17, 15) is 19.5 Å². The highest BCUT2D eigenvalue weighted by Crippen LogP contribution is 2.25. The SMILES string of the molecule is CC(=O)O[C@H]1CCC(=O)N(CCc2cn(C(=O)OC(C)(C)C)c3ccccc23)C1O. The second-order valence-electron chi connectivity index (χ2n) is 8.46. The third kappa shape index (κ3) is 4.81. The van der Waals surface area contributed by atoms with Gasteiger partial charge in [0.15, 0.2) is 6.23 Å². The Morgan fingerprint density at radius 1 is 1.23 bits per heavy atom. The van der Waals surface area contributed by atoms with Crippen LogP contribution in [-0.4, -0.2) is 57.0 Å². The van der Waals surface area contributed by atoms with Gasteiger partial charge in [-0.2, -0.15) is 0 Å².